The molecule has 8 heteroatoms. The molecule has 2 aromatic carbocycles. The van der Waals surface area contributed by atoms with Gasteiger partial charge in [-0.05, 0) is 24.1 Å². The van der Waals surface area contributed by atoms with E-state index in [2.05, 4.69) is 0 Å². The second-order valence-corrected chi connectivity index (χ2v) is 12.1. The zero-order valence-electron chi connectivity index (χ0n) is 21.9. The fourth-order valence-electron chi connectivity index (χ4n) is 6.72. The number of aliphatic hydroxyl groups is 1. The lowest BCUT2D eigenvalue weighted by Gasteiger charge is -2.38. The summed E-state index contributed by atoms with van der Waals surface area (Å²) in [5.41, 5.74) is 1.80. The van der Waals surface area contributed by atoms with Crippen LogP contribution in [0.2, 0.25) is 0 Å². The molecule has 0 bridgehead atoms. The zero-order chi connectivity index (χ0) is 27.1. The van der Waals surface area contributed by atoms with Crippen LogP contribution in [0.4, 0.5) is 5.69 Å². The van der Waals surface area contributed by atoms with Crippen LogP contribution in [0.5, 0.6) is 0 Å². The molecule has 0 aromatic heterocycles. The number of amides is 3. The van der Waals surface area contributed by atoms with Crippen LogP contribution in [0, 0.1) is 11.8 Å². The van der Waals surface area contributed by atoms with Gasteiger partial charge in [0.1, 0.15) is 6.04 Å². The van der Waals surface area contributed by atoms with Gasteiger partial charge in [-0.2, -0.15) is 0 Å². The molecule has 4 heterocycles. The van der Waals surface area contributed by atoms with Crippen molar-refractivity contribution in [3.8, 4) is 0 Å². The number of fused-ring (bicyclic) bond motifs is 2. The molecule has 4 aliphatic rings. The number of rotatable bonds is 6. The van der Waals surface area contributed by atoms with E-state index in [1.54, 1.807) is 26.5 Å². The van der Waals surface area contributed by atoms with Crippen molar-refractivity contribution in [1.82, 2.24) is 9.80 Å². The Kier molecular flexibility index (Phi) is 6.85. The lowest BCUT2D eigenvalue weighted by Crippen LogP contribution is -2.56. The molecule has 6 rings (SSSR count). The van der Waals surface area contributed by atoms with Crippen molar-refractivity contribution >= 4 is 35.2 Å². The first kappa shape index (κ1) is 25.9. The Hall–Kier alpha value is -3.36. The highest BCUT2D eigenvalue weighted by Crippen LogP contribution is 2.61. The molecule has 1 N–H and O–H groups in total. The molecule has 7 nitrogen and oxygen atoms in total. The highest BCUT2D eigenvalue weighted by atomic mass is 32.2. The van der Waals surface area contributed by atoms with Gasteiger partial charge in [-0.15, -0.1) is 11.8 Å². The smallest absolute Gasteiger partial charge is 0.247 e. The lowest BCUT2D eigenvalue weighted by molar-refractivity contribution is -0.145. The minimum absolute atomic E-state index is 0.0946. The number of para-hydroxylation sites is 1. The summed E-state index contributed by atoms with van der Waals surface area (Å²) < 4.78 is -0.892. The molecule has 3 amide bonds. The van der Waals surface area contributed by atoms with E-state index in [0.717, 1.165) is 11.3 Å². The second kappa shape index (κ2) is 10.3. The number of nitrogens with zero attached hydrogens (tertiary/aromatic N) is 3. The van der Waals surface area contributed by atoms with Gasteiger partial charge in [0, 0.05) is 30.6 Å². The molecular formula is C31H33N3O4S. The van der Waals surface area contributed by atoms with Crippen LogP contribution < -0.4 is 4.90 Å². The van der Waals surface area contributed by atoms with Crippen LogP contribution in [0.15, 0.2) is 85.0 Å². The first-order chi connectivity index (χ1) is 19.0. The van der Waals surface area contributed by atoms with Gasteiger partial charge >= 0.3 is 0 Å². The van der Waals surface area contributed by atoms with Crippen LogP contribution in [0.1, 0.15) is 18.9 Å². The quantitative estimate of drug-likeness (QED) is 0.566. The van der Waals surface area contributed by atoms with Crippen molar-refractivity contribution in [2.24, 2.45) is 11.8 Å². The Balaban J connectivity index is 1.43. The van der Waals surface area contributed by atoms with Gasteiger partial charge in [0.25, 0.3) is 0 Å². The molecule has 202 valence electrons. The Bertz CT molecular complexity index is 1310. The van der Waals surface area contributed by atoms with Crippen LogP contribution in [0.3, 0.4) is 0 Å². The molecule has 2 aromatic rings. The van der Waals surface area contributed by atoms with Crippen molar-refractivity contribution in [2.45, 2.75) is 42.0 Å². The Morgan fingerprint density at radius 2 is 1.67 bits per heavy atom. The molecule has 1 unspecified atom stereocenters. The highest BCUT2D eigenvalue weighted by Gasteiger charge is 2.71. The van der Waals surface area contributed by atoms with Gasteiger partial charge in [0.15, 0.2) is 0 Å². The fraction of sp³-hybridized carbons (Fsp3) is 0.387. The van der Waals surface area contributed by atoms with E-state index in [1.807, 2.05) is 91.9 Å². The molecule has 0 saturated carbocycles. The lowest BCUT2D eigenvalue weighted by atomic mass is 9.78. The van der Waals surface area contributed by atoms with Crippen molar-refractivity contribution in [3.05, 3.63) is 90.5 Å². The molecule has 2 fully saturated rings. The molecule has 6 atom stereocenters. The van der Waals surface area contributed by atoms with Crippen molar-refractivity contribution < 1.29 is 19.5 Å². The maximum absolute atomic E-state index is 14.4. The number of carbonyl (C=O) groups excluding carboxylic acids is 3. The summed E-state index contributed by atoms with van der Waals surface area (Å²) in [5, 5.41) is 10.1. The Labute approximate surface area is 233 Å². The first-order valence-corrected chi connectivity index (χ1v) is 14.5. The standard InChI is InChI=1S/C31H33N3O4S/c1-2-22(20-35)34-27-30(38)32(19-21-11-5-3-6-12-21)17-10-16-31(27)26(29(34)37)25-24(39-31)15-9-18-33(28(25)36)23-13-7-4-8-14-23/h3-16,22,24-27,35H,2,17-20H2,1H3/t22-,24+,25-,26-,27?,31-/m0/s1. The minimum atomic E-state index is -0.892. The number of benzene rings is 2. The van der Waals surface area contributed by atoms with E-state index in [1.165, 1.54) is 0 Å². The van der Waals surface area contributed by atoms with Crippen LogP contribution in [0.25, 0.3) is 0 Å². The summed E-state index contributed by atoms with van der Waals surface area (Å²) in [6.07, 6.45) is 8.59. The number of carbonyl (C=O) groups is 3. The van der Waals surface area contributed by atoms with E-state index in [-0.39, 0.29) is 29.6 Å². The molecule has 0 aliphatic carbocycles. The van der Waals surface area contributed by atoms with Crippen molar-refractivity contribution in [2.75, 3.05) is 24.6 Å². The van der Waals surface area contributed by atoms with Crippen molar-refractivity contribution in [1.29, 1.82) is 0 Å². The van der Waals surface area contributed by atoms with Crippen LogP contribution in [-0.2, 0) is 20.9 Å². The maximum atomic E-state index is 14.4. The Morgan fingerprint density at radius 3 is 2.36 bits per heavy atom. The normalized spacial score (nSPS) is 30.6. The second-order valence-electron chi connectivity index (χ2n) is 10.7. The van der Waals surface area contributed by atoms with E-state index in [9.17, 15) is 19.5 Å². The number of aliphatic hydroxyl groups excluding tert-OH is 1. The number of hydrogen-bond acceptors (Lipinski definition) is 5. The predicted octanol–water partition coefficient (Wildman–Crippen LogP) is 3.26. The third-order valence-electron chi connectivity index (χ3n) is 8.54. The number of anilines is 1. The summed E-state index contributed by atoms with van der Waals surface area (Å²) in [6.45, 7) is 2.97. The van der Waals surface area contributed by atoms with Crippen LogP contribution >= 0.6 is 11.8 Å². The first-order valence-electron chi connectivity index (χ1n) is 13.6. The molecule has 2 saturated heterocycles. The summed E-state index contributed by atoms with van der Waals surface area (Å²) in [7, 11) is 0. The van der Waals surface area contributed by atoms with E-state index in [4.69, 9.17) is 0 Å². The summed E-state index contributed by atoms with van der Waals surface area (Å²) in [5.74, 6) is -1.74. The van der Waals surface area contributed by atoms with E-state index in [0.29, 0.717) is 26.1 Å². The number of thioether (sulfide) groups is 1. The summed E-state index contributed by atoms with van der Waals surface area (Å²) in [6, 6.07) is 18.1. The molecule has 4 aliphatic heterocycles. The predicted molar refractivity (Wildman–Crippen MR) is 152 cm³/mol. The topological polar surface area (TPSA) is 81.2 Å². The van der Waals surface area contributed by atoms with Gasteiger partial charge in [-0.25, -0.2) is 0 Å². The number of likely N-dealkylation sites (tertiary alicyclic amines) is 1. The fourth-order valence-corrected chi connectivity index (χ4v) is 8.71. The van der Waals surface area contributed by atoms with Gasteiger partial charge in [-0.1, -0.05) is 79.8 Å². The van der Waals surface area contributed by atoms with Gasteiger partial charge in [-0.3, -0.25) is 14.4 Å². The largest absolute Gasteiger partial charge is 0.394 e. The molecule has 39 heavy (non-hydrogen) atoms. The third-order valence-corrected chi connectivity index (χ3v) is 10.3. The number of hydrogen-bond donors (Lipinski definition) is 1. The van der Waals surface area contributed by atoms with E-state index < -0.39 is 28.7 Å². The highest BCUT2D eigenvalue weighted by molar-refractivity contribution is 8.02. The van der Waals surface area contributed by atoms with Crippen LogP contribution in [-0.4, -0.2) is 74.4 Å². The van der Waals surface area contributed by atoms with E-state index >= 15 is 0 Å². The van der Waals surface area contributed by atoms with Gasteiger partial charge in [0.05, 0.1) is 29.2 Å². The molecular weight excluding hydrogens is 510 g/mol. The third kappa shape index (κ3) is 4.12. The Morgan fingerprint density at radius 1 is 0.949 bits per heavy atom. The molecule has 0 radical (unpaired) electrons. The minimum Gasteiger partial charge on any atom is -0.394 e. The summed E-state index contributed by atoms with van der Waals surface area (Å²) in [4.78, 5) is 48.1. The average Bonchev–Trinajstić information content (AvgIpc) is 3.28. The van der Waals surface area contributed by atoms with Gasteiger partial charge < -0.3 is 19.8 Å². The SMILES string of the molecule is CC[C@@H](CO)N1C(=O)[C@@H]2[C@H]3C(=O)N(c4ccccc4)CC=C[C@H]3S[C@@]23C=CCN(Cc2ccccc2)C(=O)C13. The zero-order valence-corrected chi connectivity index (χ0v) is 22.7. The summed E-state index contributed by atoms with van der Waals surface area (Å²) >= 11 is 1.57. The van der Waals surface area contributed by atoms with Gasteiger partial charge in [0.2, 0.25) is 17.7 Å². The average molecular weight is 544 g/mol. The van der Waals surface area contributed by atoms with Crippen molar-refractivity contribution in [3.63, 3.8) is 0 Å². The molecule has 1 spiro atoms. The maximum Gasteiger partial charge on any atom is 0.247 e. The monoisotopic (exact) mass is 543 g/mol.